The summed E-state index contributed by atoms with van der Waals surface area (Å²) in [5, 5.41) is 29.7. The van der Waals surface area contributed by atoms with Crippen LogP contribution in [0.3, 0.4) is 0 Å². The van der Waals surface area contributed by atoms with Gasteiger partial charge in [-0.2, -0.15) is 0 Å². The predicted molar refractivity (Wildman–Crippen MR) is 91.3 cm³/mol. The molecule has 2 aliphatic rings. The van der Waals surface area contributed by atoms with Crippen molar-refractivity contribution in [2.45, 2.75) is 63.9 Å². The number of aliphatic hydroxyl groups excluding tert-OH is 2. The number of rotatable bonds is 3. The van der Waals surface area contributed by atoms with E-state index in [2.05, 4.69) is 26.0 Å². The van der Waals surface area contributed by atoms with Gasteiger partial charge in [-0.3, -0.25) is 0 Å². The summed E-state index contributed by atoms with van der Waals surface area (Å²) in [6, 6.07) is 6.20. The highest BCUT2D eigenvalue weighted by molar-refractivity contribution is 5.42. The van der Waals surface area contributed by atoms with Crippen LogP contribution < -0.4 is 0 Å². The summed E-state index contributed by atoms with van der Waals surface area (Å²) >= 11 is 0. The Labute approximate surface area is 139 Å². The monoisotopic (exact) mass is 318 g/mol. The molecule has 3 nitrogen and oxygen atoms in total. The van der Waals surface area contributed by atoms with Gasteiger partial charge >= 0.3 is 0 Å². The zero-order chi connectivity index (χ0) is 16.9. The lowest BCUT2D eigenvalue weighted by atomic mass is 9.50. The molecule has 3 rings (SSSR count). The molecular weight excluding hydrogens is 288 g/mol. The Kier molecular flexibility index (Phi) is 4.11. The van der Waals surface area contributed by atoms with Crippen molar-refractivity contribution < 1.29 is 15.3 Å². The number of hydrogen-bond acceptors (Lipinski definition) is 3. The van der Waals surface area contributed by atoms with Crippen LogP contribution in [0.4, 0.5) is 0 Å². The molecule has 128 valence electrons. The molecule has 1 aromatic rings. The first-order valence-electron chi connectivity index (χ1n) is 8.85. The highest BCUT2D eigenvalue weighted by Gasteiger charge is 2.51. The summed E-state index contributed by atoms with van der Waals surface area (Å²) in [6.07, 6.45) is 5.50. The number of aryl methyl sites for hydroxylation is 1. The van der Waals surface area contributed by atoms with Crippen LogP contribution in [0.25, 0.3) is 0 Å². The van der Waals surface area contributed by atoms with E-state index in [9.17, 15) is 15.3 Å². The molecule has 1 fully saturated rings. The molecule has 0 bridgehead atoms. The van der Waals surface area contributed by atoms with Gasteiger partial charge in [0.15, 0.2) is 0 Å². The zero-order valence-electron chi connectivity index (χ0n) is 14.6. The summed E-state index contributed by atoms with van der Waals surface area (Å²) in [4.78, 5) is 0. The molecule has 1 saturated carbocycles. The van der Waals surface area contributed by atoms with Gasteiger partial charge in [0.05, 0.1) is 6.61 Å². The van der Waals surface area contributed by atoms with Crippen LogP contribution >= 0.6 is 0 Å². The normalized spacial score (nSPS) is 36.0. The predicted octanol–water partition coefficient (Wildman–Crippen LogP) is 2.89. The van der Waals surface area contributed by atoms with E-state index < -0.39 is 5.60 Å². The van der Waals surface area contributed by atoms with Gasteiger partial charge in [-0.1, -0.05) is 38.5 Å². The molecule has 0 unspecified atom stereocenters. The minimum atomic E-state index is -1.18. The van der Waals surface area contributed by atoms with Crippen LogP contribution in [0.1, 0.15) is 63.1 Å². The first-order valence-corrected chi connectivity index (χ1v) is 8.85. The first kappa shape index (κ1) is 16.9. The summed E-state index contributed by atoms with van der Waals surface area (Å²) in [6.45, 7) is 6.25. The zero-order valence-corrected chi connectivity index (χ0v) is 14.6. The molecule has 0 saturated heterocycles. The van der Waals surface area contributed by atoms with Crippen LogP contribution in [0.2, 0.25) is 0 Å². The molecule has 4 atom stereocenters. The first-order chi connectivity index (χ1) is 10.8. The minimum absolute atomic E-state index is 0.0138. The van der Waals surface area contributed by atoms with E-state index in [0.717, 1.165) is 37.7 Å². The fourth-order valence-corrected chi connectivity index (χ4v) is 5.24. The molecule has 2 aliphatic carbocycles. The van der Waals surface area contributed by atoms with Crippen LogP contribution in [0.15, 0.2) is 18.2 Å². The fraction of sp³-hybridized carbons (Fsp3) is 0.700. The molecule has 0 radical (unpaired) electrons. The van der Waals surface area contributed by atoms with Crippen molar-refractivity contribution >= 4 is 0 Å². The third-order valence-electron chi connectivity index (χ3n) is 6.77. The molecule has 3 N–H and O–H groups in total. The number of hydrogen-bond donors (Lipinski definition) is 3. The van der Waals surface area contributed by atoms with Crippen LogP contribution in [-0.4, -0.2) is 28.5 Å². The second-order valence-corrected chi connectivity index (χ2v) is 8.48. The van der Waals surface area contributed by atoms with E-state index in [1.165, 1.54) is 11.1 Å². The van der Waals surface area contributed by atoms with E-state index in [0.29, 0.717) is 5.92 Å². The maximum Gasteiger partial charge on any atom is 0.110 e. The maximum absolute atomic E-state index is 10.3. The quantitative estimate of drug-likeness (QED) is 0.803. The second kappa shape index (κ2) is 5.58. The highest BCUT2D eigenvalue weighted by atomic mass is 16.3. The average molecular weight is 318 g/mol. The smallest absolute Gasteiger partial charge is 0.110 e. The lowest BCUT2D eigenvalue weighted by molar-refractivity contribution is -0.0184. The minimum Gasteiger partial charge on any atom is -0.396 e. The van der Waals surface area contributed by atoms with Gasteiger partial charge in [-0.05, 0) is 66.0 Å². The van der Waals surface area contributed by atoms with Gasteiger partial charge in [0.2, 0.25) is 0 Å². The van der Waals surface area contributed by atoms with Crippen molar-refractivity contribution in [2.24, 2.45) is 11.3 Å². The van der Waals surface area contributed by atoms with Crippen molar-refractivity contribution in [3.63, 3.8) is 0 Å². The van der Waals surface area contributed by atoms with Gasteiger partial charge < -0.3 is 15.3 Å². The Morgan fingerprint density at radius 2 is 1.96 bits per heavy atom. The number of fused-ring (bicyclic) bond motifs is 3. The highest BCUT2D eigenvalue weighted by Crippen LogP contribution is 2.57. The Hall–Kier alpha value is -0.900. The summed E-state index contributed by atoms with van der Waals surface area (Å²) in [5.74, 6) is 0.505. The molecule has 0 amide bonds. The fourth-order valence-electron chi connectivity index (χ4n) is 5.24. The molecule has 0 heterocycles. The van der Waals surface area contributed by atoms with E-state index in [4.69, 9.17) is 0 Å². The summed E-state index contributed by atoms with van der Waals surface area (Å²) in [7, 11) is 0. The summed E-state index contributed by atoms with van der Waals surface area (Å²) in [5.41, 5.74) is 2.41. The van der Waals surface area contributed by atoms with Gasteiger partial charge in [-0.15, -0.1) is 0 Å². The Bertz CT molecular complexity index is 595. The van der Waals surface area contributed by atoms with Gasteiger partial charge in [0.1, 0.15) is 5.60 Å². The lowest BCUT2D eigenvalue weighted by Gasteiger charge is -2.55. The van der Waals surface area contributed by atoms with Crippen LogP contribution in [0.5, 0.6) is 0 Å². The maximum atomic E-state index is 10.3. The molecular formula is C20H30O3. The van der Waals surface area contributed by atoms with Crippen molar-refractivity contribution in [3.8, 4) is 0 Å². The van der Waals surface area contributed by atoms with Gasteiger partial charge in [0, 0.05) is 6.61 Å². The van der Waals surface area contributed by atoms with E-state index >= 15 is 0 Å². The summed E-state index contributed by atoms with van der Waals surface area (Å²) < 4.78 is 0. The largest absolute Gasteiger partial charge is 0.396 e. The van der Waals surface area contributed by atoms with Gasteiger partial charge in [0.25, 0.3) is 0 Å². The SMILES string of the molecule is C[C@]1(CO)CCC[C@]2(C)c3ccc([C@](C)(O)CO)cc3CC[C@@H]12. The Balaban J connectivity index is 2.04. The van der Waals surface area contributed by atoms with E-state index in [-0.39, 0.29) is 24.0 Å². The Morgan fingerprint density at radius 1 is 1.22 bits per heavy atom. The number of benzene rings is 1. The van der Waals surface area contributed by atoms with Crippen molar-refractivity contribution in [1.82, 2.24) is 0 Å². The molecule has 23 heavy (non-hydrogen) atoms. The molecule has 0 aliphatic heterocycles. The van der Waals surface area contributed by atoms with Crippen molar-refractivity contribution in [2.75, 3.05) is 13.2 Å². The lowest BCUT2D eigenvalue weighted by Crippen LogP contribution is -2.50. The van der Waals surface area contributed by atoms with Crippen LogP contribution in [-0.2, 0) is 17.4 Å². The topological polar surface area (TPSA) is 60.7 Å². The standard InChI is InChI=1S/C20H30O3/c1-18(12-21)9-4-10-19(2)16-7-6-15(20(3,23)13-22)11-14(16)5-8-17(18)19/h6-7,11,17,21-23H,4-5,8-10,12-13H2,1-3H3/t17-,18+,19+,20+/m0/s1. The molecule has 0 spiro atoms. The Morgan fingerprint density at radius 3 is 2.61 bits per heavy atom. The third-order valence-corrected chi connectivity index (χ3v) is 6.77. The molecule has 0 aromatic heterocycles. The van der Waals surface area contributed by atoms with Crippen molar-refractivity contribution in [1.29, 1.82) is 0 Å². The van der Waals surface area contributed by atoms with Gasteiger partial charge in [-0.25, -0.2) is 0 Å². The number of aliphatic hydroxyl groups is 3. The third kappa shape index (κ3) is 2.54. The van der Waals surface area contributed by atoms with E-state index in [1.54, 1.807) is 6.92 Å². The van der Waals surface area contributed by atoms with E-state index in [1.807, 2.05) is 6.07 Å². The molecule has 3 heteroatoms. The van der Waals surface area contributed by atoms with Crippen molar-refractivity contribution in [3.05, 3.63) is 34.9 Å². The second-order valence-electron chi connectivity index (χ2n) is 8.48. The average Bonchev–Trinajstić information content (AvgIpc) is 2.54. The van der Waals surface area contributed by atoms with Crippen LogP contribution in [0, 0.1) is 11.3 Å². The molecule has 1 aromatic carbocycles.